The van der Waals surface area contributed by atoms with Gasteiger partial charge in [-0.3, -0.25) is 9.52 Å². The molecule has 0 unspecified atom stereocenters. The molecule has 9 nitrogen and oxygen atoms in total. The number of halogens is 1. The summed E-state index contributed by atoms with van der Waals surface area (Å²) in [5, 5.41) is 6.55. The van der Waals surface area contributed by atoms with Crippen LogP contribution in [-0.2, 0) is 14.8 Å². The Morgan fingerprint density at radius 3 is 2.34 bits per heavy atom. The Morgan fingerprint density at radius 1 is 1.11 bits per heavy atom. The van der Waals surface area contributed by atoms with Gasteiger partial charge in [0.2, 0.25) is 17.6 Å². The number of amides is 1. The van der Waals surface area contributed by atoms with Crippen LogP contribution in [0.2, 0.25) is 0 Å². The minimum absolute atomic E-state index is 0.0479. The Labute approximate surface area is 204 Å². The summed E-state index contributed by atoms with van der Waals surface area (Å²) in [6.45, 7) is 4.27. The van der Waals surface area contributed by atoms with E-state index in [1.165, 1.54) is 50.2 Å². The zero-order valence-electron chi connectivity index (χ0n) is 19.9. The highest BCUT2D eigenvalue weighted by atomic mass is 32.2. The molecule has 0 aliphatic rings. The lowest BCUT2D eigenvalue weighted by Gasteiger charge is -2.19. The highest BCUT2D eigenvalue weighted by Gasteiger charge is 2.27. The van der Waals surface area contributed by atoms with E-state index in [-0.39, 0.29) is 10.9 Å². The van der Waals surface area contributed by atoms with E-state index in [9.17, 15) is 17.6 Å². The number of anilines is 2. The number of nitrogens with one attached hydrogen (secondary N) is 2. The molecular weight excluding hydrogens is 473 g/mol. The van der Waals surface area contributed by atoms with Gasteiger partial charge in [-0.25, -0.2) is 12.8 Å². The zero-order valence-corrected chi connectivity index (χ0v) is 20.7. The molecule has 3 rings (SSSR count). The number of sulfonamides is 1. The molecule has 188 valence electrons. The lowest BCUT2D eigenvalue weighted by Crippen LogP contribution is -2.32. The summed E-state index contributed by atoms with van der Waals surface area (Å²) < 4.78 is 46.3. The van der Waals surface area contributed by atoms with Gasteiger partial charge in [0.15, 0.2) is 0 Å². The summed E-state index contributed by atoms with van der Waals surface area (Å²) in [7, 11) is -3.87. The maximum atomic E-state index is 13.0. The van der Waals surface area contributed by atoms with Crippen molar-refractivity contribution < 1.29 is 22.1 Å². The number of nitrogens with zero attached hydrogens (tertiary/aromatic N) is 2. The van der Waals surface area contributed by atoms with E-state index in [1.54, 1.807) is 12.1 Å². The first-order chi connectivity index (χ1) is 16.6. The van der Waals surface area contributed by atoms with Crippen LogP contribution in [0.1, 0.15) is 52.0 Å². The van der Waals surface area contributed by atoms with Crippen molar-refractivity contribution >= 4 is 27.3 Å². The number of nitrogens with two attached hydrogens (primary N) is 1. The lowest BCUT2D eigenvalue weighted by atomic mass is 9.94. The monoisotopic (exact) mass is 503 g/mol. The number of unbranched alkanes of at least 4 members (excludes halogenated alkanes) is 1. The quantitative estimate of drug-likeness (QED) is 0.346. The van der Waals surface area contributed by atoms with Gasteiger partial charge in [-0.1, -0.05) is 24.9 Å². The fourth-order valence-corrected chi connectivity index (χ4v) is 4.09. The Balaban J connectivity index is 1.66. The third-order valence-corrected chi connectivity index (χ3v) is 6.79. The molecule has 1 aromatic heterocycles. The van der Waals surface area contributed by atoms with Gasteiger partial charge in [-0.15, -0.1) is 0 Å². The fourth-order valence-electron chi connectivity index (χ4n) is 3.03. The third kappa shape index (κ3) is 6.64. The number of carbonyl (C=O) groups is 1. The summed E-state index contributed by atoms with van der Waals surface area (Å²) in [6, 6.07) is 11.8. The molecule has 1 heterocycles. The summed E-state index contributed by atoms with van der Waals surface area (Å²) in [6.07, 6.45) is 2.70. The molecule has 3 aromatic rings. The Morgan fingerprint density at radius 2 is 1.74 bits per heavy atom. The van der Waals surface area contributed by atoms with E-state index in [2.05, 4.69) is 27.1 Å². The molecule has 2 aromatic carbocycles. The van der Waals surface area contributed by atoms with Crippen molar-refractivity contribution in [3.8, 4) is 11.4 Å². The minimum atomic E-state index is -3.87. The van der Waals surface area contributed by atoms with Crippen LogP contribution >= 0.6 is 0 Å². The molecule has 1 atom stereocenters. The number of rotatable bonds is 11. The van der Waals surface area contributed by atoms with Crippen LogP contribution in [0.3, 0.4) is 0 Å². The van der Waals surface area contributed by atoms with Crippen molar-refractivity contribution in [1.29, 1.82) is 0 Å². The van der Waals surface area contributed by atoms with Gasteiger partial charge in [0.1, 0.15) is 6.67 Å². The molecule has 4 N–H and O–H groups in total. The smallest absolute Gasteiger partial charge is 0.261 e. The van der Waals surface area contributed by atoms with Gasteiger partial charge in [-0.05, 0) is 68.8 Å². The number of aromatic nitrogens is 2. The van der Waals surface area contributed by atoms with Crippen LogP contribution in [0.25, 0.3) is 11.4 Å². The van der Waals surface area contributed by atoms with Gasteiger partial charge in [0, 0.05) is 16.9 Å². The number of hydrogen-bond donors (Lipinski definition) is 3. The van der Waals surface area contributed by atoms with E-state index in [4.69, 9.17) is 10.3 Å². The Kier molecular flexibility index (Phi) is 8.23. The second kappa shape index (κ2) is 11.0. The van der Waals surface area contributed by atoms with Gasteiger partial charge < -0.3 is 15.6 Å². The van der Waals surface area contributed by atoms with Gasteiger partial charge in [-0.2, -0.15) is 4.98 Å². The average Bonchev–Trinajstić information content (AvgIpc) is 3.34. The Hall–Kier alpha value is -3.31. The average molecular weight is 504 g/mol. The van der Waals surface area contributed by atoms with Gasteiger partial charge in [0.05, 0.1) is 16.4 Å². The molecule has 0 aliphatic heterocycles. The van der Waals surface area contributed by atoms with Crippen molar-refractivity contribution in [3.05, 3.63) is 54.4 Å². The number of benzene rings is 2. The van der Waals surface area contributed by atoms with E-state index in [0.29, 0.717) is 28.7 Å². The first-order valence-corrected chi connectivity index (χ1v) is 12.7. The molecular formula is C24H30FN5O4S. The normalized spacial score (nSPS) is 12.8. The van der Waals surface area contributed by atoms with Crippen LogP contribution < -0.4 is 15.8 Å². The molecule has 0 radical (unpaired) electrons. The van der Waals surface area contributed by atoms with Crippen LogP contribution in [0, 0.1) is 5.41 Å². The Bertz CT molecular complexity index is 1240. The second-order valence-electron chi connectivity index (χ2n) is 8.88. The van der Waals surface area contributed by atoms with E-state index in [0.717, 1.165) is 19.3 Å². The van der Waals surface area contributed by atoms with E-state index >= 15 is 0 Å². The van der Waals surface area contributed by atoms with Crippen molar-refractivity contribution in [3.63, 3.8) is 0 Å². The molecule has 0 bridgehead atoms. The van der Waals surface area contributed by atoms with Crippen LogP contribution in [-0.4, -0.2) is 31.1 Å². The maximum Gasteiger partial charge on any atom is 0.261 e. The van der Waals surface area contributed by atoms with Crippen LogP contribution in [0.15, 0.2) is 57.9 Å². The standard InChI is InChI=1S/C24H30FN5O4S/c1-4-5-6-20(26)22-28-21(29-34-22)16-7-13-19(14-8-16)35(32,33)30-18-11-9-17(10-12-18)27-23(31)24(2,3)15-25/h7-14,20,30H,4-6,15,26H2,1-3H3,(H,27,31)/t20-/m0/s1. The van der Waals surface area contributed by atoms with E-state index < -0.39 is 28.0 Å². The summed E-state index contributed by atoms with van der Waals surface area (Å²) in [5.74, 6) is 0.210. The predicted octanol–water partition coefficient (Wildman–Crippen LogP) is 4.66. The van der Waals surface area contributed by atoms with Gasteiger partial charge in [0.25, 0.3) is 10.0 Å². The SMILES string of the molecule is CCCC[C@H](N)c1nc(-c2ccc(S(=O)(=O)Nc3ccc(NC(=O)C(C)(C)CF)cc3)cc2)no1. The summed E-state index contributed by atoms with van der Waals surface area (Å²) in [5.41, 5.74) is 6.24. The zero-order chi connectivity index (χ0) is 25.6. The largest absolute Gasteiger partial charge is 0.337 e. The second-order valence-corrected chi connectivity index (χ2v) is 10.6. The number of hydrogen-bond acceptors (Lipinski definition) is 7. The first kappa shape index (κ1) is 26.3. The first-order valence-electron chi connectivity index (χ1n) is 11.3. The summed E-state index contributed by atoms with van der Waals surface area (Å²) in [4.78, 5) is 16.5. The molecule has 0 spiro atoms. The number of alkyl halides is 1. The molecule has 0 saturated carbocycles. The maximum absolute atomic E-state index is 13.0. The third-order valence-electron chi connectivity index (χ3n) is 5.39. The van der Waals surface area contributed by atoms with Crippen LogP contribution in [0.5, 0.6) is 0 Å². The topological polar surface area (TPSA) is 140 Å². The fraction of sp³-hybridized carbons (Fsp3) is 0.375. The van der Waals surface area contributed by atoms with Crippen molar-refractivity contribution in [2.24, 2.45) is 11.1 Å². The van der Waals surface area contributed by atoms with Crippen molar-refractivity contribution in [1.82, 2.24) is 10.1 Å². The molecule has 11 heteroatoms. The van der Waals surface area contributed by atoms with Gasteiger partial charge >= 0.3 is 0 Å². The molecule has 35 heavy (non-hydrogen) atoms. The van der Waals surface area contributed by atoms with Crippen molar-refractivity contribution in [2.75, 3.05) is 16.7 Å². The highest BCUT2D eigenvalue weighted by Crippen LogP contribution is 2.24. The molecule has 0 aliphatic carbocycles. The highest BCUT2D eigenvalue weighted by molar-refractivity contribution is 7.92. The van der Waals surface area contributed by atoms with Crippen LogP contribution in [0.4, 0.5) is 15.8 Å². The molecule has 1 amide bonds. The number of carbonyl (C=O) groups excluding carboxylic acids is 1. The minimum Gasteiger partial charge on any atom is -0.337 e. The van der Waals surface area contributed by atoms with E-state index in [1.807, 2.05) is 0 Å². The van der Waals surface area contributed by atoms with Crippen molar-refractivity contribution in [2.45, 2.75) is 51.0 Å². The molecule has 0 saturated heterocycles. The summed E-state index contributed by atoms with van der Waals surface area (Å²) >= 11 is 0. The predicted molar refractivity (Wildman–Crippen MR) is 132 cm³/mol. The molecule has 0 fully saturated rings. The lowest BCUT2D eigenvalue weighted by molar-refractivity contribution is -0.124.